The van der Waals surface area contributed by atoms with Gasteiger partial charge in [0.2, 0.25) is 5.91 Å². The van der Waals surface area contributed by atoms with Gasteiger partial charge in [0.05, 0.1) is 6.61 Å². The summed E-state index contributed by atoms with van der Waals surface area (Å²) in [6.45, 7) is 4.83. The summed E-state index contributed by atoms with van der Waals surface area (Å²) < 4.78 is 5.68. The second kappa shape index (κ2) is 7.87. The number of aliphatic hydroxyl groups excluding tert-OH is 1. The highest BCUT2D eigenvalue weighted by Crippen LogP contribution is 2.14. The Balaban J connectivity index is 2.37. The standard InChI is InChI=1S/C15H24N2O3/c1-15(2,16-3)8-9-20-13-6-4-12(5-7-13)10-17-14(19)11-18/h4-7,16,18H,8-11H2,1-3H3,(H,17,19). The number of carbonyl (C=O) groups excluding carboxylic acids is 1. The maximum atomic E-state index is 10.9. The van der Waals surface area contributed by atoms with E-state index in [9.17, 15) is 4.79 Å². The molecule has 0 atom stereocenters. The molecule has 0 aromatic heterocycles. The zero-order valence-corrected chi connectivity index (χ0v) is 12.4. The number of nitrogens with one attached hydrogen (secondary N) is 2. The van der Waals surface area contributed by atoms with Gasteiger partial charge < -0.3 is 20.5 Å². The number of amides is 1. The van der Waals surface area contributed by atoms with Crippen LogP contribution in [0.1, 0.15) is 25.8 Å². The van der Waals surface area contributed by atoms with E-state index in [0.717, 1.165) is 17.7 Å². The third kappa shape index (κ3) is 6.04. The van der Waals surface area contributed by atoms with Crippen molar-refractivity contribution >= 4 is 5.91 Å². The molecule has 0 bridgehead atoms. The van der Waals surface area contributed by atoms with Crippen molar-refractivity contribution < 1.29 is 14.6 Å². The van der Waals surface area contributed by atoms with Crippen LogP contribution in [-0.2, 0) is 11.3 Å². The number of hydrogen-bond acceptors (Lipinski definition) is 4. The van der Waals surface area contributed by atoms with E-state index in [-0.39, 0.29) is 11.4 Å². The van der Waals surface area contributed by atoms with Crippen molar-refractivity contribution in [2.24, 2.45) is 0 Å². The third-order valence-electron chi connectivity index (χ3n) is 3.23. The predicted octanol–water partition coefficient (Wildman–Crippen LogP) is 1.06. The molecule has 1 aromatic carbocycles. The maximum Gasteiger partial charge on any atom is 0.245 e. The van der Waals surface area contributed by atoms with Crippen LogP contribution in [0.3, 0.4) is 0 Å². The molecule has 20 heavy (non-hydrogen) atoms. The van der Waals surface area contributed by atoms with Gasteiger partial charge in [-0.05, 0) is 45.0 Å². The van der Waals surface area contributed by atoms with Crippen molar-refractivity contribution in [2.45, 2.75) is 32.4 Å². The number of aliphatic hydroxyl groups is 1. The molecule has 3 N–H and O–H groups in total. The number of ether oxygens (including phenoxy) is 1. The summed E-state index contributed by atoms with van der Waals surface area (Å²) in [5.74, 6) is 0.439. The predicted molar refractivity (Wildman–Crippen MR) is 78.6 cm³/mol. The SMILES string of the molecule is CNC(C)(C)CCOc1ccc(CNC(=O)CO)cc1. The first-order chi connectivity index (χ1) is 9.46. The van der Waals surface area contributed by atoms with E-state index in [1.54, 1.807) is 0 Å². The molecule has 0 saturated carbocycles. The van der Waals surface area contributed by atoms with E-state index in [2.05, 4.69) is 24.5 Å². The molecular weight excluding hydrogens is 256 g/mol. The van der Waals surface area contributed by atoms with Crippen molar-refractivity contribution in [3.8, 4) is 5.75 Å². The quantitative estimate of drug-likeness (QED) is 0.666. The van der Waals surface area contributed by atoms with Crippen molar-refractivity contribution in [2.75, 3.05) is 20.3 Å². The molecule has 112 valence electrons. The highest BCUT2D eigenvalue weighted by Gasteiger charge is 2.14. The van der Waals surface area contributed by atoms with Gasteiger partial charge in [-0.1, -0.05) is 12.1 Å². The van der Waals surface area contributed by atoms with Gasteiger partial charge in [0.1, 0.15) is 12.4 Å². The zero-order valence-electron chi connectivity index (χ0n) is 12.4. The summed E-state index contributed by atoms with van der Waals surface area (Å²) in [6.07, 6.45) is 0.914. The molecule has 0 unspecified atom stereocenters. The van der Waals surface area contributed by atoms with Crippen molar-refractivity contribution in [3.63, 3.8) is 0 Å². The summed E-state index contributed by atoms with van der Waals surface area (Å²) in [5.41, 5.74) is 1.03. The van der Waals surface area contributed by atoms with Gasteiger partial charge in [-0.25, -0.2) is 0 Å². The molecule has 1 amide bonds. The lowest BCUT2D eigenvalue weighted by atomic mass is 10.0. The highest BCUT2D eigenvalue weighted by molar-refractivity contribution is 5.76. The summed E-state index contributed by atoms with van der Waals surface area (Å²) in [7, 11) is 1.94. The maximum absolute atomic E-state index is 10.9. The van der Waals surface area contributed by atoms with Crippen LogP contribution < -0.4 is 15.4 Å². The minimum atomic E-state index is -0.484. The Morgan fingerprint density at radius 1 is 1.30 bits per heavy atom. The minimum Gasteiger partial charge on any atom is -0.494 e. The van der Waals surface area contributed by atoms with Gasteiger partial charge in [-0.15, -0.1) is 0 Å². The van der Waals surface area contributed by atoms with Crippen LogP contribution in [0.5, 0.6) is 5.75 Å². The first-order valence-electron chi connectivity index (χ1n) is 6.75. The molecule has 0 fully saturated rings. The molecule has 0 aliphatic rings. The van der Waals surface area contributed by atoms with Gasteiger partial charge in [-0.2, -0.15) is 0 Å². The second-order valence-corrected chi connectivity index (χ2v) is 5.31. The normalized spacial score (nSPS) is 11.2. The molecule has 0 aliphatic carbocycles. The van der Waals surface area contributed by atoms with E-state index >= 15 is 0 Å². The highest BCUT2D eigenvalue weighted by atomic mass is 16.5. The Morgan fingerprint density at radius 2 is 1.95 bits per heavy atom. The summed E-state index contributed by atoms with van der Waals surface area (Å²) in [6, 6.07) is 7.56. The molecule has 0 heterocycles. The molecule has 5 nitrogen and oxygen atoms in total. The number of carbonyl (C=O) groups is 1. The summed E-state index contributed by atoms with van der Waals surface area (Å²) in [5, 5.41) is 14.4. The van der Waals surface area contributed by atoms with Gasteiger partial charge >= 0.3 is 0 Å². The average molecular weight is 280 g/mol. The first-order valence-corrected chi connectivity index (χ1v) is 6.75. The number of benzene rings is 1. The van der Waals surface area contributed by atoms with Crippen molar-refractivity contribution in [1.82, 2.24) is 10.6 Å². The zero-order chi connectivity index (χ0) is 15.0. The first kappa shape index (κ1) is 16.5. The van der Waals surface area contributed by atoms with E-state index in [4.69, 9.17) is 9.84 Å². The minimum absolute atomic E-state index is 0.0640. The Morgan fingerprint density at radius 3 is 2.50 bits per heavy atom. The van der Waals surface area contributed by atoms with Crippen LogP contribution in [0.2, 0.25) is 0 Å². The van der Waals surface area contributed by atoms with Crippen molar-refractivity contribution in [3.05, 3.63) is 29.8 Å². The number of rotatable bonds is 8. The fraction of sp³-hybridized carbons (Fsp3) is 0.533. The largest absolute Gasteiger partial charge is 0.494 e. The smallest absolute Gasteiger partial charge is 0.245 e. The summed E-state index contributed by atoms with van der Waals surface area (Å²) >= 11 is 0. The molecular formula is C15H24N2O3. The topological polar surface area (TPSA) is 70.6 Å². The molecule has 0 radical (unpaired) electrons. The Bertz CT molecular complexity index is 416. The Hall–Kier alpha value is -1.59. The summed E-state index contributed by atoms with van der Waals surface area (Å²) in [4.78, 5) is 10.9. The van der Waals surface area contributed by atoms with Gasteiger partial charge in [0, 0.05) is 12.1 Å². The van der Waals surface area contributed by atoms with Crippen LogP contribution >= 0.6 is 0 Å². The van der Waals surface area contributed by atoms with E-state index in [1.807, 2.05) is 31.3 Å². The molecule has 1 rings (SSSR count). The van der Waals surface area contributed by atoms with Gasteiger partial charge in [-0.3, -0.25) is 4.79 Å². The monoisotopic (exact) mass is 280 g/mol. The van der Waals surface area contributed by atoms with Crippen LogP contribution in [0, 0.1) is 0 Å². The fourth-order valence-electron chi connectivity index (χ4n) is 1.51. The lowest BCUT2D eigenvalue weighted by Crippen LogP contribution is -2.37. The van der Waals surface area contributed by atoms with Crippen LogP contribution in [-0.4, -0.2) is 36.8 Å². The Kier molecular flexibility index (Phi) is 6.48. The van der Waals surface area contributed by atoms with E-state index < -0.39 is 6.61 Å². The van der Waals surface area contributed by atoms with Crippen LogP contribution in [0.25, 0.3) is 0 Å². The van der Waals surface area contributed by atoms with Gasteiger partial charge in [0.25, 0.3) is 0 Å². The molecule has 1 aromatic rings. The van der Waals surface area contributed by atoms with E-state index in [0.29, 0.717) is 13.2 Å². The molecule has 5 heteroatoms. The van der Waals surface area contributed by atoms with Crippen LogP contribution in [0.15, 0.2) is 24.3 Å². The van der Waals surface area contributed by atoms with Crippen LogP contribution in [0.4, 0.5) is 0 Å². The second-order valence-electron chi connectivity index (χ2n) is 5.31. The molecule has 0 spiro atoms. The Labute approximate surface area is 120 Å². The fourth-order valence-corrected chi connectivity index (χ4v) is 1.51. The lowest BCUT2D eigenvalue weighted by Gasteiger charge is -2.23. The third-order valence-corrected chi connectivity index (χ3v) is 3.23. The molecule has 0 aliphatic heterocycles. The van der Waals surface area contributed by atoms with Crippen molar-refractivity contribution in [1.29, 1.82) is 0 Å². The molecule has 0 saturated heterocycles. The lowest BCUT2D eigenvalue weighted by molar-refractivity contribution is -0.123. The van der Waals surface area contributed by atoms with Gasteiger partial charge in [0.15, 0.2) is 0 Å². The number of hydrogen-bond donors (Lipinski definition) is 3. The average Bonchev–Trinajstić information content (AvgIpc) is 2.46. The van der Waals surface area contributed by atoms with E-state index in [1.165, 1.54) is 0 Å².